The Morgan fingerprint density at radius 3 is 2.75 bits per heavy atom. The zero-order valence-corrected chi connectivity index (χ0v) is 18.3. The fraction of sp³-hybridized carbons (Fsp3) is 0.136. The molecule has 2 aromatic heterocycles. The maximum absolute atomic E-state index is 12.6. The van der Waals surface area contributed by atoms with E-state index in [1.54, 1.807) is 41.1 Å². The molecule has 0 bridgehead atoms. The number of nitrogens with one attached hydrogen (secondary N) is 1. The molecular formula is C22H16ClN3O5S. The van der Waals surface area contributed by atoms with E-state index in [1.807, 2.05) is 19.1 Å². The molecule has 1 amide bonds. The molecule has 162 valence electrons. The third kappa shape index (κ3) is 3.88. The Labute approximate surface area is 191 Å². The smallest absolute Gasteiger partial charge is 0.348 e. The Morgan fingerprint density at radius 1 is 1.16 bits per heavy atom. The van der Waals surface area contributed by atoms with E-state index < -0.39 is 18.5 Å². The van der Waals surface area contributed by atoms with Crippen molar-refractivity contribution in [3.63, 3.8) is 0 Å². The second-order valence-corrected chi connectivity index (χ2v) is 8.46. The van der Waals surface area contributed by atoms with Crippen LogP contribution in [0, 0.1) is 6.92 Å². The first-order valence-electron chi connectivity index (χ1n) is 9.60. The van der Waals surface area contributed by atoms with Crippen molar-refractivity contribution in [3.8, 4) is 17.2 Å². The maximum Gasteiger partial charge on any atom is 0.348 e. The Balaban J connectivity index is 1.27. The molecule has 0 saturated heterocycles. The number of hydrogen-bond acceptors (Lipinski definition) is 7. The highest BCUT2D eigenvalue weighted by atomic mass is 35.5. The minimum atomic E-state index is -0.575. The maximum atomic E-state index is 12.6. The molecule has 4 aromatic rings. The third-order valence-electron chi connectivity index (χ3n) is 4.81. The van der Waals surface area contributed by atoms with Gasteiger partial charge in [-0.1, -0.05) is 11.6 Å². The number of halogens is 1. The van der Waals surface area contributed by atoms with Crippen molar-refractivity contribution >= 4 is 50.7 Å². The van der Waals surface area contributed by atoms with Gasteiger partial charge in [0, 0.05) is 22.2 Å². The standard InChI is InChI=1S/C22H16ClN3O5S/c1-12-16-9-19(32-21(16)26(25-12)15-5-2-13(23)3-6-15)22(28)29-10-20(27)24-14-4-7-17-18(8-14)31-11-30-17/h2-9H,10-11H2,1H3,(H,24,27). The lowest BCUT2D eigenvalue weighted by molar-refractivity contribution is -0.119. The summed E-state index contributed by atoms with van der Waals surface area (Å²) in [4.78, 5) is 26.0. The zero-order valence-electron chi connectivity index (χ0n) is 16.8. The average molecular weight is 470 g/mol. The molecule has 0 fully saturated rings. The van der Waals surface area contributed by atoms with E-state index in [2.05, 4.69) is 10.4 Å². The van der Waals surface area contributed by atoms with Gasteiger partial charge in [-0.2, -0.15) is 5.10 Å². The average Bonchev–Trinajstić information content (AvgIpc) is 3.49. The molecule has 0 aliphatic carbocycles. The van der Waals surface area contributed by atoms with E-state index in [0.29, 0.717) is 27.1 Å². The molecule has 0 spiro atoms. The summed E-state index contributed by atoms with van der Waals surface area (Å²) in [6.07, 6.45) is 0. The second kappa shape index (κ2) is 8.18. The number of thiophene rings is 1. The van der Waals surface area contributed by atoms with Gasteiger partial charge in [0.15, 0.2) is 18.1 Å². The number of benzene rings is 2. The lowest BCUT2D eigenvalue weighted by atomic mass is 10.3. The molecule has 10 heteroatoms. The molecule has 1 aliphatic rings. The van der Waals surface area contributed by atoms with Crippen LogP contribution >= 0.6 is 22.9 Å². The summed E-state index contributed by atoms with van der Waals surface area (Å²) in [5.41, 5.74) is 2.14. The van der Waals surface area contributed by atoms with Gasteiger partial charge in [0.2, 0.25) is 6.79 Å². The van der Waals surface area contributed by atoms with E-state index in [-0.39, 0.29) is 6.79 Å². The molecule has 1 N–H and O–H groups in total. The van der Waals surface area contributed by atoms with Crippen LogP contribution in [-0.2, 0) is 9.53 Å². The molecule has 0 radical (unpaired) electrons. The fourth-order valence-corrected chi connectivity index (χ4v) is 4.48. The number of ether oxygens (including phenoxy) is 3. The number of hydrogen-bond donors (Lipinski definition) is 1. The fourth-order valence-electron chi connectivity index (χ4n) is 3.28. The lowest BCUT2D eigenvalue weighted by Crippen LogP contribution is -2.20. The van der Waals surface area contributed by atoms with E-state index in [9.17, 15) is 9.59 Å². The van der Waals surface area contributed by atoms with Gasteiger partial charge < -0.3 is 19.5 Å². The van der Waals surface area contributed by atoms with Crippen molar-refractivity contribution in [2.75, 3.05) is 18.7 Å². The first-order chi connectivity index (χ1) is 15.5. The molecule has 32 heavy (non-hydrogen) atoms. The van der Waals surface area contributed by atoms with E-state index in [0.717, 1.165) is 21.6 Å². The van der Waals surface area contributed by atoms with E-state index >= 15 is 0 Å². The van der Waals surface area contributed by atoms with Gasteiger partial charge in [0.25, 0.3) is 5.91 Å². The summed E-state index contributed by atoms with van der Waals surface area (Å²) in [5.74, 6) is 0.137. The number of carbonyl (C=O) groups is 2. The summed E-state index contributed by atoms with van der Waals surface area (Å²) >= 11 is 7.22. The largest absolute Gasteiger partial charge is 0.454 e. The van der Waals surface area contributed by atoms with Crippen LogP contribution in [-0.4, -0.2) is 35.1 Å². The number of carbonyl (C=O) groups excluding carboxylic acids is 2. The van der Waals surface area contributed by atoms with Crippen LogP contribution < -0.4 is 14.8 Å². The Hall–Kier alpha value is -3.56. The van der Waals surface area contributed by atoms with Crippen LogP contribution in [0.3, 0.4) is 0 Å². The lowest BCUT2D eigenvalue weighted by Gasteiger charge is -2.07. The van der Waals surface area contributed by atoms with Gasteiger partial charge in [-0.05, 0) is 49.4 Å². The highest BCUT2D eigenvalue weighted by molar-refractivity contribution is 7.20. The number of nitrogens with zero attached hydrogens (tertiary/aromatic N) is 2. The summed E-state index contributed by atoms with van der Waals surface area (Å²) in [7, 11) is 0. The van der Waals surface area contributed by atoms with Crippen LogP contribution in [0.1, 0.15) is 15.4 Å². The van der Waals surface area contributed by atoms with Gasteiger partial charge in [-0.15, -0.1) is 11.3 Å². The Morgan fingerprint density at radius 2 is 1.94 bits per heavy atom. The summed E-state index contributed by atoms with van der Waals surface area (Å²) < 4.78 is 17.5. The van der Waals surface area contributed by atoms with Crippen LogP contribution in [0.25, 0.3) is 15.9 Å². The molecule has 1 aliphatic heterocycles. The topological polar surface area (TPSA) is 91.7 Å². The Bertz CT molecular complexity index is 1350. The predicted octanol–water partition coefficient (Wildman–Crippen LogP) is 4.57. The highest BCUT2D eigenvalue weighted by Crippen LogP contribution is 2.34. The van der Waals surface area contributed by atoms with Gasteiger partial charge in [-0.3, -0.25) is 4.79 Å². The first-order valence-corrected chi connectivity index (χ1v) is 10.8. The van der Waals surface area contributed by atoms with Crippen molar-refractivity contribution < 1.29 is 23.8 Å². The monoisotopic (exact) mass is 469 g/mol. The minimum absolute atomic E-state index is 0.148. The number of aryl methyl sites for hydroxylation is 1. The minimum Gasteiger partial charge on any atom is -0.454 e. The van der Waals surface area contributed by atoms with Crippen LogP contribution in [0.2, 0.25) is 5.02 Å². The summed E-state index contributed by atoms with van der Waals surface area (Å²) in [5, 5.41) is 8.69. The molecule has 0 saturated carbocycles. The second-order valence-electron chi connectivity index (χ2n) is 7.00. The Kier molecular flexibility index (Phi) is 5.20. The highest BCUT2D eigenvalue weighted by Gasteiger charge is 2.19. The van der Waals surface area contributed by atoms with Crippen molar-refractivity contribution in [2.45, 2.75) is 6.92 Å². The van der Waals surface area contributed by atoms with Gasteiger partial charge in [-0.25, -0.2) is 9.48 Å². The molecule has 0 unspecified atom stereocenters. The van der Waals surface area contributed by atoms with Gasteiger partial charge >= 0.3 is 5.97 Å². The summed E-state index contributed by atoms with van der Waals surface area (Å²) in [6, 6.07) is 14.0. The van der Waals surface area contributed by atoms with Gasteiger partial charge in [0.05, 0.1) is 11.4 Å². The number of esters is 1. The molecule has 0 atom stereocenters. The number of anilines is 1. The van der Waals surface area contributed by atoms with Crippen molar-refractivity contribution in [1.82, 2.24) is 9.78 Å². The van der Waals surface area contributed by atoms with Crippen molar-refractivity contribution in [3.05, 3.63) is 64.1 Å². The molecule has 2 aromatic carbocycles. The van der Waals surface area contributed by atoms with E-state index in [1.165, 1.54) is 11.3 Å². The van der Waals surface area contributed by atoms with Gasteiger partial charge in [0.1, 0.15) is 9.71 Å². The van der Waals surface area contributed by atoms with Crippen LogP contribution in [0.15, 0.2) is 48.5 Å². The normalized spacial score (nSPS) is 12.2. The number of amides is 1. The molecule has 8 nitrogen and oxygen atoms in total. The zero-order chi connectivity index (χ0) is 22.2. The number of rotatable bonds is 5. The molecule has 5 rings (SSSR count). The molecule has 3 heterocycles. The predicted molar refractivity (Wildman–Crippen MR) is 120 cm³/mol. The quantitative estimate of drug-likeness (QED) is 0.430. The van der Waals surface area contributed by atoms with Crippen molar-refractivity contribution in [1.29, 1.82) is 0 Å². The van der Waals surface area contributed by atoms with Crippen molar-refractivity contribution in [2.24, 2.45) is 0 Å². The SMILES string of the molecule is Cc1nn(-c2ccc(Cl)cc2)c2sc(C(=O)OCC(=O)Nc3ccc4c(c3)OCO4)cc12. The first kappa shape index (κ1) is 20.3. The summed E-state index contributed by atoms with van der Waals surface area (Å²) in [6.45, 7) is 1.61. The number of aromatic nitrogens is 2. The van der Waals surface area contributed by atoms with Crippen LogP contribution in [0.4, 0.5) is 5.69 Å². The van der Waals surface area contributed by atoms with E-state index in [4.69, 9.17) is 25.8 Å². The molecular weight excluding hydrogens is 454 g/mol. The number of fused-ring (bicyclic) bond motifs is 2. The van der Waals surface area contributed by atoms with Crippen LogP contribution in [0.5, 0.6) is 11.5 Å². The third-order valence-corrected chi connectivity index (χ3v) is 6.15.